The van der Waals surface area contributed by atoms with Gasteiger partial charge in [0.05, 0.1) is 12.6 Å². The molecule has 5 N–H and O–H groups in total. The van der Waals surface area contributed by atoms with Gasteiger partial charge in [-0.3, -0.25) is 0 Å². The van der Waals surface area contributed by atoms with E-state index in [-0.39, 0.29) is 11.3 Å². The van der Waals surface area contributed by atoms with Gasteiger partial charge in [-0.05, 0) is 36.4 Å². The van der Waals surface area contributed by atoms with Crippen molar-refractivity contribution in [2.45, 2.75) is 34.7 Å². The largest absolute Gasteiger partial charge is 0.394 e. The monoisotopic (exact) mass is 473 g/mol. The summed E-state index contributed by atoms with van der Waals surface area (Å²) in [5, 5.41) is 36.5. The van der Waals surface area contributed by atoms with Crippen LogP contribution in [-0.2, 0) is 4.74 Å². The third kappa shape index (κ3) is 5.27. The van der Waals surface area contributed by atoms with E-state index < -0.39 is 59.7 Å². The average Bonchev–Trinajstić information content (AvgIpc) is 2.77. The molecule has 0 radical (unpaired) electrons. The van der Waals surface area contributed by atoms with Crippen molar-refractivity contribution in [3.05, 3.63) is 71.4 Å². The quantitative estimate of drug-likeness (QED) is 0.240. The molecule has 5 atom stereocenters. The molecule has 1 heterocycles. The van der Waals surface area contributed by atoms with Crippen LogP contribution in [0.1, 0.15) is 5.56 Å². The summed E-state index contributed by atoms with van der Waals surface area (Å²) in [6.07, 6.45) is -2.85. The number of hydrogen-bond acceptors (Lipinski definition) is 8. The Morgan fingerprint density at radius 2 is 1.72 bits per heavy atom. The predicted molar refractivity (Wildman–Crippen MR) is 106 cm³/mol. The highest BCUT2D eigenvalue weighted by atomic mass is 32.2. The summed E-state index contributed by atoms with van der Waals surface area (Å²) in [7, 11) is 0. The lowest BCUT2D eigenvalue weighted by atomic mass is 9.97. The highest BCUT2D eigenvalue weighted by molar-refractivity contribution is 7.99. The zero-order chi connectivity index (χ0) is 23.4. The van der Waals surface area contributed by atoms with Gasteiger partial charge in [-0.25, -0.2) is 23.1 Å². The maximum atomic E-state index is 13.5. The lowest BCUT2D eigenvalue weighted by Gasteiger charge is -2.42. The Kier molecular flexibility index (Phi) is 7.85. The average molecular weight is 473 g/mol. The molecule has 0 aromatic heterocycles. The lowest BCUT2D eigenvalue weighted by molar-refractivity contribution is -0.164. The van der Waals surface area contributed by atoms with Crippen molar-refractivity contribution in [2.24, 2.45) is 5.11 Å². The summed E-state index contributed by atoms with van der Waals surface area (Å²) in [4.78, 5) is 0.553. The van der Waals surface area contributed by atoms with Crippen LogP contribution >= 0.6 is 11.8 Å². The summed E-state index contributed by atoms with van der Waals surface area (Å²) in [6.45, 7) is -0.583. The highest BCUT2D eigenvalue weighted by Gasteiger charge is 2.44. The van der Waals surface area contributed by atoms with Gasteiger partial charge in [0.2, 0.25) is 0 Å². The van der Waals surface area contributed by atoms with Crippen LogP contribution in [0.3, 0.4) is 0 Å². The summed E-state index contributed by atoms with van der Waals surface area (Å²) >= 11 is 1.03. The molecule has 3 unspecified atom stereocenters. The van der Waals surface area contributed by atoms with Crippen LogP contribution in [0.2, 0.25) is 0 Å². The number of aliphatic hydroxyl groups excluding tert-OH is 3. The molecule has 3 rings (SSSR count). The summed E-state index contributed by atoms with van der Waals surface area (Å²) < 4.78 is 58.9. The topological polar surface area (TPSA) is 118 Å². The third-order valence-electron chi connectivity index (χ3n) is 4.76. The number of ether oxygens (including phenoxy) is 1. The summed E-state index contributed by atoms with van der Waals surface area (Å²) in [6, 6.07) is 5.51. The van der Waals surface area contributed by atoms with Gasteiger partial charge in [-0.15, -0.1) is 0 Å². The van der Waals surface area contributed by atoms with E-state index in [4.69, 9.17) is 10.3 Å². The number of halogens is 4. The first-order valence-electron chi connectivity index (χ1n) is 9.28. The Labute approximate surface area is 184 Å². The normalized spacial score (nSPS) is 26.1. The minimum absolute atomic E-state index is 0.254. The fraction of sp³-hybridized carbons (Fsp3) is 0.300. The molecule has 172 valence electrons. The molecular formula is C20H19F4N3O4S. The molecule has 1 saturated heterocycles. The molecule has 7 nitrogen and oxygen atoms in total. The zero-order valence-corrected chi connectivity index (χ0v) is 17.1. The van der Waals surface area contributed by atoms with E-state index in [2.05, 4.69) is 10.4 Å². The fourth-order valence-corrected chi connectivity index (χ4v) is 4.16. The van der Waals surface area contributed by atoms with Crippen LogP contribution in [0.25, 0.3) is 5.70 Å². The van der Waals surface area contributed by atoms with Crippen molar-refractivity contribution >= 4 is 17.5 Å². The smallest absolute Gasteiger partial charge is 0.194 e. The molecule has 2 aromatic rings. The Morgan fingerprint density at radius 3 is 2.28 bits per heavy atom. The number of hydrogen-bond donors (Lipinski definition) is 5. The van der Waals surface area contributed by atoms with Crippen LogP contribution < -0.4 is 5.32 Å². The van der Waals surface area contributed by atoms with Gasteiger partial charge in [0.25, 0.3) is 0 Å². The minimum atomic E-state index is -1.67. The molecule has 0 amide bonds. The van der Waals surface area contributed by atoms with Crippen molar-refractivity contribution in [2.75, 3.05) is 6.61 Å². The van der Waals surface area contributed by atoms with Crippen molar-refractivity contribution < 1.29 is 37.6 Å². The molecule has 0 spiro atoms. The molecule has 0 aliphatic carbocycles. The highest BCUT2D eigenvalue weighted by Crippen LogP contribution is 2.33. The number of rotatable bonds is 7. The second kappa shape index (κ2) is 10.4. The van der Waals surface area contributed by atoms with Crippen molar-refractivity contribution in [3.8, 4) is 0 Å². The maximum absolute atomic E-state index is 13.5. The maximum Gasteiger partial charge on any atom is 0.194 e. The van der Waals surface area contributed by atoms with E-state index in [0.29, 0.717) is 17.0 Å². The second-order valence-corrected chi connectivity index (χ2v) is 8.04. The minimum Gasteiger partial charge on any atom is -0.394 e. The molecule has 1 aliphatic heterocycles. The Hall–Kier alpha value is -2.51. The van der Waals surface area contributed by atoms with Gasteiger partial charge >= 0.3 is 0 Å². The molecular weight excluding hydrogens is 454 g/mol. The van der Waals surface area contributed by atoms with Gasteiger partial charge in [-0.1, -0.05) is 11.8 Å². The predicted octanol–water partition coefficient (Wildman–Crippen LogP) is 2.76. The summed E-state index contributed by atoms with van der Waals surface area (Å²) in [5.74, 6) is -5.07. The van der Waals surface area contributed by atoms with Crippen LogP contribution in [0.15, 0.2) is 52.6 Å². The Balaban J connectivity index is 1.83. The van der Waals surface area contributed by atoms with Crippen LogP contribution in [-0.4, -0.2) is 51.7 Å². The summed E-state index contributed by atoms with van der Waals surface area (Å²) in [5.41, 5.74) is 5.70. The fourth-order valence-electron chi connectivity index (χ4n) is 3.09. The van der Waals surface area contributed by atoms with Crippen LogP contribution in [0, 0.1) is 28.8 Å². The van der Waals surface area contributed by atoms with Gasteiger partial charge < -0.3 is 25.4 Å². The number of thioether (sulfide) groups is 1. The molecule has 12 heteroatoms. The van der Waals surface area contributed by atoms with Crippen molar-refractivity contribution in [1.82, 2.24) is 5.32 Å². The van der Waals surface area contributed by atoms with E-state index in [0.717, 1.165) is 18.0 Å². The molecule has 0 saturated carbocycles. The van der Waals surface area contributed by atoms with Crippen LogP contribution in [0.4, 0.5) is 17.6 Å². The number of nitrogens with zero attached hydrogens (tertiary/aromatic N) is 1. The van der Waals surface area contributed by atoms with Crippen molar-refractivity contribution in [3.63, 3.8) is 0 Å². The Morgan fingerprint density at radius 1 is 1.09 bits per heavy atom. The first kappa shape index (κ1) is 24.1. The van der Waals surface area contributed by atoms with E-state index in [1.165, 1.54) is 24.3 Å². The molecule has 32 heavy (non-hydrogen) atoms. The van der Waals surface area contributed by atoms with Crippen molar-refractivity contribution in [1.29, 1.82) is 5.53 Å². The lowest BCUT2D eigenvalue weighted by Crippen LogP contribution is -2.61. The second-order valence-electron chi connectivity index (χ2n) is 6.87. The first-order valence-corrected chi connectivity index (χ1v) is 10.2. The van der Waals surface area contributed by atoms with E-state index in [9.17, 15) is 32.9 Å². The molecule has 1 aliphatic rings. The number of nitrogens with one attached hydrogen (secondary N) is 2. The van der Waals surface area contributed by atoms with Crippen LogP contribution in [0.5, 0.6) is 0 Å². The SMILES string of the molecule is N=N/C(=C\NC1C(O)[C@@H](Sc2ccc(F)cc2)OC(CO)[C@@H]1O)c1cc(F)c(F)c(F)c1. The van der Waals surface area contributed by atoms with Gasteiger partial charge in [-0.2, -0.15) is 5.11 Å². The molecule has 0 bridgehead atoms. The van der Waals surface area contributed by atoms with E-state index in [1.54, 1.807) is 0 Å². The molecule has 1 fully saturated rings. The zero-order valence-electron chi connectivity index (χ0n) is 16.3. The number of aliphatic hydroxyl groups is 3. The van der Waals surface area contributed by atoms with Gasteiger partial charge in [0.1, 0.15) is 35.3 Å². The van der Waals surface area contributed by atoms with Gasteiger partial charge in [0.15, 0.2) is 17.5 Å². The van der Waals surface area contributed by atoms with E-state index >= 15 is 0 Å². The van der Waals surface area contributed by atoms with E-state index in [1.807, 2.05) is 0 Å². The van der Waals surface area contributed by atoms with Gasteiger partial charge in [0, 0.05) is 16.7 Å². The Bertz CT molecular complexity index is 972. The number of benzene rings is 2. The third-order valence-corrected chi connectivity index (χ3v) is 5.93. The standard InChI is InChI=1S/C20H19F4N3O4S/c21-10-1-3-11(4-2-10)32-20-19(30)17(18(29)15(8-28)31-20)26-7-14(27-25)9-5-12(22)16(24)13(23)6-9/h1-7,15,17-20,25-26,28-30H,8H2/b14-7-,27-25?/t15?,17?,18-,19?,20+/m0/s1. The molecule has 2 aromatic carbocycles. The first-order chi connectivity index (χ1) is 15.2.